The van der Waals surface area contributed by atoms with E-state index in [1.807, 2.05) is 0 Å². The van der Waals surface area contributed by atoms with E-state index < -0.39 is 18.2 Å². The van der Waals surface area contributed by atoms with Gasteiger partial charge >= 0.3 is 6.03 Å². The summed E-state index contributed by atoms with van der Waals surface area (Å²) in [6.45, 7) is 3.08. The Morgan fingerprint density at radius 1 is 0.944 bits per heavy atom. The van der Waals surface area contributed by atoms with Gasteiger partial charge < -0.3 is 30.2 Å². The molecule has 2 unspecified atom stereocenters. The van der Waals surface area contributed by atoms with Gasteiger partial charge in [-0.2, -0.15) is 0 Å². The molecule has 108 valence electrons. The number of carbonyl (C=O) groups is 1. The largest absolute Gasteiger partial charge is 0.395 e. The quantitative estimate of drug-likeness (QED) is 0.425. The van der Waals surface area contributed by atoms with Gasteiger partial charge in [0, 0.05) is 26.2 Å². The van der Waals surface area contributed by atoms with Crippen molar-refractivity contribution < 1.29 is 25.2 Å². The summed E-state index contributed by atoms with van der Waals surface area (Å²) in [6.07, 6.45) is -1.42. The minimum atomic E-state index is -0.710. The third-order valence-electron chi connectivity index (χ3n) is 2.25. The molecular formula is C11H24N2O5. The molecule has 0 spiro atoms. The van der Waals surface area contributed by atoms with Gasteiger partial charge in [-0.15, -0.1) is 0 Å². The smallest absolute Gasteiger partial charge is 0.320 e. The Morgan fingerprint density at radius 2 is 1.33 bits per heavy atom. The molecule has 0 saturated carbocycles. The van der Waals surface area contributed by atoms with E-state index in [4.69, 9.17) is 10.2 Å². The number of carbonyl (C=O) groups excluding carboxylic acids is 1. The zero-order chi connectivity index (χ0) is 14.1. The summed E-state index contributed by atoms with van der Waals surface area (Å²) in [7, 11) is 0. The maximum Gasteiger partial charge on any atom is 0.320 e. The summed E-state index contributed by atoms with van der Waals surface area (Å²) < 4.78 is 0. The second kappa shape index (κ2) is 9.09. The molecule has 7 nitrogen and oxygen atoms in total. The van der Waals surface area contributed by atoms with Crippen LogP contribution in [0.1, 0.15) is 13.8 Å². The average Bonchev–Trinajstić information content (AvgIpc) is 2.25. The van der Waals surface area contributed by atoms with Crippen LogP contribution in [0.5, 0.6) is 0 Å². The summed E-state index contributed by atoms with van der Waals surface area (Å²) in [5.41, 5.74) is 0. The Bertz CT molecular complexity index is 219. The van der Waals surface area contributed by atoms with Crippen LogP contribution in [0.4, 0.5) is 4.79 Å². The Kier molecular flexibility index (Phi) is 8.65. The summed E-state index contributed by atoms with van der Waals surface area (Å²) in [6, 6.07) is -0.417. The SMILES string of the molecule is CC(O)CN(CC(C)O)C(=O)N(CCO)CCO. The fourth-order valence-corrected chi connectivity index (χ4v) is 1.61. The number of amides is 2. The van der Waals surface area contributed by atoms with Crippen LogP contribution in [0.15, 0.2) is 0 Å². The Hall–Kier alpha value is -0.890. The van der Waals surface area contributed by atoms with Crippen LogP contribution in [0.3, 0.4) is 0 Å². The first-order valence-corrected chi connectivity index (χ1v) is 6.04. The van der Waals surface area contributed by atoms with Crippen molar-refractivity contribution in [1.29, 1.82) is 0 Å². The van der Waals surface area contributed by atoms with Crippen LogP contribution in [-0.4, -0.2) is 87.9 Å². The van der Waals surface area contributed by atoms with Crippen LogP contribution in [0, 0.1) is 0 Å². The maximum absolute atomic E-state index is 12.1. The molecular weight excluding hydrogens is 240 g/mol. The summed E-state index contributed by atoms with van der Waals surface area (Å²) in [4.78, 5) is 14.7. The predicted octanol–water partition coefficient (Wildman–Crippen LogP) is -1.54. The molecule has 0 fully saturated rings. The summed E-state index contributed by atoms with van der Waals surface area (Å²) in [5, 5.41) is 36.4. The number of hydrogen-bond donors (Lipinski definition) is 4. The number of aliphatic hydroxyl groups is 4. The van der Waals surface area contributed by atoms with E-state index in [1.54, 1.807) is 13.8 Å². The first-order valence-electron chi connectivity index (χ1n) is 6.04. The molecule has 0 aliphatic carbocycles. The fourth-order valence-electron chi connectivity index (χ4n) is 1.61. The van der Waals surface area contributed by atoms with Crippen LogP contribution in [0.2, 0.25) is 0 Å². The molecule has 4 N–H and O–H groups in total. The molecule has 2 atom stereocenters. The zero-order valence-corrected chi connectivity index (χ0v) is 11.0. The zero-order valence-electron chi connectivity index (χ0n) is 11.0. The Labute approximate surface area is 107 Å². The van der Waals surface area contributed by atoms with Crippen molar-refractivity contribution in [3.05, 3.63) is 0 Å². The molecule has 0 aromatic carbocycles. The molecule has 0 aromatic rings. The van der Waals surface area contributed by atoms with E-state index in [-0.39, 0.29) is 39.4 Å². The van der Waals surface area contributed by atoms with Gasteiger partial charge in [0.15, 0.2) is 0 Å². The van der Waals surface area contributed by atoms with E-state index >= 15 is 0 Å². The molecule has 0 aliphatic heterocycles. The van der Waals surface area contributed by atoms with E-state index in [2.05, 4.69) is 0 Å². The van der Waals surface area contributed by atoms with Crippen molar-refractivity contribution in [3.8, 4) is 0 Å². The van der Waals surface area contributed by atoms with Crippen LogP contribution in [-0.2, 0) is 0 Å². The third kappa shape index (κ3) is 6.75. The molecule has 0 aliphatic rings. The number of urea groups is 1. The highest BCUT2D eigenvalue weighted by Crippen LogP contribution is 2.03. The minimum Gasteiger partial charge on any atom is -0.395 e. The second-order valence-corrected chi connectivity index (χ2v) is 4.32. The first-order chi connectivity index (χ1) is 8.42. The van der Waals surface area contributed by atoms with E-state index in [0.717, 1.165) is 0 Å². The molecule has 0 rings (SSSR count). The number of nitrogens with zero attached hydrogens (tertiary/aromatic N) is 2. The molecule has 2 amide bonds. The molecule has 0 saturated heterocycles. The van der Waals surface area contributed by atoms with Crippen molar-refractivity contribution >= 4 is 6.03 Å². The van der Waals surface area contributed by atoms with Gasteiger partial charge in [0.05, 0.1) is 25.4 Å². The fraction of sp³-hybridized carbons (Fsp3) is 0.909. The lowest BCUT2D eigenvalue weighted by molar-refractivity contribution is 0.0742. The monoisotopic (exact) mass is 264 g/mol. The van der Waals surface area contributed by atoms with Crippen molar-refractivity contribution in [3.63, 3.8) is 0 Å². The van der Waals surface area contributed by atoms with Gasteiger partial charge in [0.1, 0.15) is 0 Å². The summed E-state index contributed by atoms with van der Waals surface area (Å²) >= 11 is 0. The lowest BCUT2D eigenvalue weighted by Crippen LogP contribution is -2.49. The van der Waals surface area contributed by atoms with Crippen molar-refractivity contribution in [2.24, 2.45) is 0 Å². The van der Waals surface area contributed by atoms with E-state index in [1.165, 1.54) is 9.80 Å². The Morgan fingerprint density at radius 3 is 1.61 bits per heavy atom. The van der Waals surface area contributed by atoms with Gasteiger partial charge in [-0.1, -0.05) is 0 Å². The lowest BCUT2D eigenvalue weighted by Gasteiger charge is -2.31. The van der Waals surface area contributed by atoms with E-state index in [9.17, 15) is 15.0 Å². The van der Waals surface area contributed by atoms with Gasteiger partial charge in [0.2, 0.25) is 0 Å². The molecule has 0 heterocycles. The third-order valence-corrected chi connectivity index (χ3v) is 2.25. The van der Waals surface area contributed by atoms with Gasteiger partial charge in [-0.05, 0) is 13.8 Å². The highest BCUT2D eigenvalue weighted by molar-refractivity contribution is 5.74. The average molecular weight is 264 g/mol. The second-order valence-electron chi connectivity index (χ2n) is 4.32. The molecule has 18 heavy (non-hydrogen) atoms. The molecule has 0 aromatic heterocycles. The Balaban J connectivity index is 4.66. The summed E-state index contributed by atoms with van der Waals surface area (Å²) in [5.74, 6) is 0. The number of rotatable bonds is 8. The molecule has 7 heteroatoms. The van der Waals surface area contributed by atoms with Gasteiger partial charge in [0.25, 0.3) is 0 Å². The number of aliphatic hydroxyl groups excluding tert-OH is 4. The minimum absolute atomic E-state index is 0.0943. The normalized spacial score (nSPS) is 14.1. The number of hydrogen-bond acceptors (Lipinski definition) is 5. The standard InChI is InChI=1S/C11H24N2O5/c1-9(16)7-13(8-10(2)17)11(18)12(3-5-14)4-6-15/h9-10,14-17H,3-8H2,1-2H3. The molecule has 0 bridgehead atoms. The topological polar surface area (TPSA) is 104 Å². The van der Waals surface area contributed by atoms with Crippen LogP contribution >= 0.6 is 0 Å². The van der Waals surface area contributed by atoms with E-state index in [0.29, 0.717) is 0 Å². The highest BCUT2D eigenvalue weighted by Gasteiger charge is 2.22. The molecule has 0 radical (unpaired) electrons. The van der Waals surface area contributed by atoms with Crippen LogP contribution < -0.4 is 0 Å². The predicted molar refractivity (Wildman–Crippen MR) is 66.1 cm³/mol. The van der Waals surface area contributed by atoms with Gasteiger partial charge in [-0.25, -0.2) is 4.79 Å². The van der Waals surface area contributed by atoms with Crippen molar-refractivity contribution in [2.45, 2.75) is 26.1 Å². The first kappa shape index (κ1) is 17.1. The maximum atomic E-state index is 12.1. The highest BCUT2D eigenvalue weighted by atomic mass is 16.3. The lowest BCUT2D eigenvalue weighted by atomic mass is 10.3. The van der Waals surface area contributed by atoms with Gasteiger partial charge in [-0.3, -0.25) is 0 Å². The van der Waals surface area contributed by atoms with Crippen molar-refractivity contribution in [2.75, 3.05) is 39.4 Å². The van der Waals surface area contributed by atoms with Crippen LogP contribution in [0.25, 0.3) is 0 Å². The van der Waals surface area contributed by atoms with Crippen molar-refractivity contribution in [1.82, 2.24) is 9.80 Å².